The summed E-state index contributed by atoms with van der Waals surface area (Å²) >= 11 is 3.31. The van der Waals surface area contributed by atoms with Gasteiger partial charge >= 0.3 is 0 Å². The molecule has 0 amide bonds. The van der Waals surface area contributed by atoms with Gasteiger partial charge in [0.25, 0.3) is 0 Å². The van der Waals surface area contributed by atoms with Crippen LogP contribution in [0.25, 0.3) is 10.6 Å². The maximum Gasteiger partial charge on any atom is 0.180 e. The SMILES string of the molecule is Cc1cc(-c2snnc2C2CCN(Cc3ccc(C)s3)CC2)on1. The maximum atomic E-state index is 5.41. The lowest BCUT2D eigenvalue weighted by molar-refractivity contribution is 0.205. The molecule has 5 nitrogen and oxygen atoms in total. The summed E-state index contributed by atoms with van der Waals surface area (Å²) in [7, 11) is 0. The Bertz CT molecular complexity index is 814. The van der Waals surface area contributed by atoms with Crippen molar-refractivity contribution in [2.45, 2.75) is 39.2 Å². The smallest absolute Gasteiger partial charge is 0.180 e. The Morgan fingerprint density at radius 2 is 2.08 bits per heavy atom. The summed E-state index contributed by atoms with van der Waals surface area (Å²) in [6, 6.07) is 6.42. The van der Waals surface area contributed by atoms with E-state index in [1.807, 2.05) is 24.3 Å². The molecule has 1 fully saturated rings. The van der Waals surface area contributed by atoms with Gasteiger partial charge in [0, 0.05) is 28.3 Å². The quantitative estimate of drug-likeness (QED) is 0.696. The molecule has 3 aromatic heterocycles. The van der Waals surface area contributed by atoms with Crippen LogP contribution in [0.15, 0.2) is 22.7 Å². The van der Waals surface area contributed by atoms with E-state index < -0.39 is 0 Å². The number of rotatable bonds is 4. The topological polar surface area (TPSA) is 55.1 Å². The van der Waals surface area contributed by atoms with Crippen LogP contribution in [0.3, 0.4) is 0 Å². The Kier molecular flexibility index (Phi) is 4.47. The van der Waals surface area contributed by atoms with Gasteiger partial charge in [0.05, 0.1) is 11.4 Å². The molecule has 0 unspecified atom stereocenters. The number of hydrogen-bond donors (Lipinski definition) is 0. The predicted molar refractivity (Wildman–Crippen MR) is 96.5 cm³/mol. The van der Waals surface area contributed by atoms with Crippen molar-refractivity contribution in [2.24, 2.45) is 0 Å². The van der Waals surface area contributed by atoms with Crippen LogP contribution in [0.4, 0.5) is 0 Å². The highest BCUT2D eigenvalue weighted by Gasteiger charge is 2.27. The minimum absolute atomic E-state index is 0.463. The van der Waals surface area contributed by atoms with Crippen LogP contribution >= 0.6 is 22.9 Å². The molecule has 0 spiro atoms. The summed E-state index contributed by atoms with van der Waals surface area (Å²) in [6.45, 7) is 7.38. The van der Waals surface area contributed by atoms with Crippen LogP contribution in [0, 0.1) is 13.8 Å². The Balaban J connectivity index is 1.42. The molecule has 0 aliphatic carbocycles. The monoisotopic (exact) mass is 360 g/mol. The van der Waals surface area contributed by atoms with Gasteiger partial charge in [0.1, 0.15) is 4.88 Å². The van der Waals surface area contributed by atoms with Crippen LogP contribution in [0.5, 0.6) is 0 Å². The summed E-state index contributed by atoms with van der Waals surface area (Å²) in [4.78, 5) is 6.43. The first-order valence-corrected chi connectivity index (χ1v) is 9.81. The molecule has 3 aromatic rings. The molecule has 1 aliphatic heterocycles. The summed E-state index contributed by atoms with van der Waals surface area (Å²) in [5.74, 6) is 1.26. The maximum absolute atomic E-state index is 5.41. The van der Waals surface area contributed by atoms with Gasteiger partial charge in [0.2, 0.25) is 0 Å². The summed E-state index contributed by atoms with van der Waals surface area (Å²) in [5.41, 5.74) is 1.98. The molecule has 1 saturated heterocycles. The Hall–Kier alpha value is -1.57. The number of piperidine rings is 1. The number of hydrogen-bond acceptors (Lipinski definition) is 7. The van der Waals surface area contributed by atoms with Crippen LogP contribution in [0.1, 0.15) is 39.9 Å². The van der Waals surface area contributed by atoms with Gasteiger partial charge in [-0.05, 0) is 63.4 Å². The first kappa shape index (κ1) is 15.9. The second kappa shape index (κ2) is 6.74. The zero-order chi connectivity index (χ0) is 16.5. The summed E-state index contributed by atoms with van der Waals surface area (Å²) in [5, 5.41) is 8.39. The third-order valence-corrected chi connectivity index (χ3v) is 6.26. The molecule has 0 saturated carbocycles. The van der Waals surface area contributed by atoms with E-state index in [1.54, 1.807) is 0 Å². The number of aryl methyl sites for hydroxylation is 2. The van der Waals surface area contributed by atoms with Gasteiger partial charge in [-0.3, -0.25) is 4.90 Å². The Morgan fingerprint density at radius 3 is 2.75 bits per heavy atom. The van der Waals surface area contributed by atoms with E-state index in [1.165, 1.54) is 21.3 Å². The third-order valence-electron chi connectivity index (χ3n) is 4.51. The van der Waals surface area contributed by atoms with E-state index in [0.717, 1.165) is 54.5 Å². The largest absolute Gasteiger partial charge is 0.355 e. The van der Waals surface area contributed by atoms with Crippen molar-refractivity contribution in [3.05, 3.63) is 39.3 Å². The lowest BCUT2D eigenvalue weighted by atomic mass is 9.92. The molecule has 0 aromatic carbocycles. The zero-order valence-electron chi connectivity index (χ0n) is 13.9. The normalized spacial score (nSPS) is 16.8. The minimum Gasteiger partial charge on any atom is -0.355 e. The first-order chi connectivity index (χ1) is 11.7. The highest BCUT2D eigenvalue weighted by Crippen LogP contribution is 2.36. The highest BCUT2D eigenvalue weighted by molar-refractivity contribution is 7.11. The summed E-state index contributed by atoms with van der Waals surface area (Å²) in [6.07, 6.45) is 2.24. The van der Waals surface area contributed by atoms with E-state index in [4.69, 9.17) is 4.52 Å². The predicted octanol–water partition coefficient (Wildman–Crippen LogP) is 4.25. The van der Waals surface area contributed by atoms with E-state index >= 15 is 0 Å². The van der Waals surface area contributed by atoms with Crippen molar-refractivity contribution >= 4 is 22.9 Å². The van der Waals surface area contributed by atoms with Gasteiger partial charge in [-0.1, -0.05) is 9.64 Å². The molecule has 7 heteroatoms. The Labute approximate surface area is 149 Å². The third kappa shape index (κ3) is 3.29. The van der Waals surface area contributed by atoms with E-state index in [2.05, 4.69) is 38.7 Å². The van der Waals surface area contributed by atoms with E-state index in [9.17, 15) is 0 Å². The van der Waals surface area contributed by atoms with E-state index in [-0.39, 0.29) is 0 Å². The fraction of sp³-hybridized carbons (Fsp3) is 0.471. The van der Waals surface area contributed by atoms with Crippen LogP contribution in [-0.4, -0.2) is 32.7 Å². The number of aromatic nitrogens is 3. The average molecular weight is 361 g/mol. The van der Waals surface area contributed by atoms with E-state index in [0.29, 0.717) is 5.92 Å². The van der Waals surface area contributed by atoms with Gasteiger partial charge in [0.15, 0.2) is 5.76 Å². The second-order valence-corrected chi connectivity index (χ2v) is 8.51. The molecule has 126 valence electrons. The minimum atomic E-state index is 0.463. The van der Waals surface area contributed by atoms with Crippen molar-refractivity contribution < 1.29 is 4.52 Å². The molecule has 0 atom stereocenters. The summed E-state index contributed by atoms with van der Waals surface area (Å²) < 4.78 is 9.58. The van der Waals surface area contributed by atoms with Crippen molar-refractivity contribution in [3.63, 3.8) is 0 Å². The van der Waals surface area contributed by atoms with Crippen molar-refractivity contribution in [1.29, 1.82) is 0 Å². The molecular formula is C17H20N4OS2. The molecular weight excluding hydrogens is 340 g/mol. The molecule has 4 rings (SSSR count). The number of likely N-dealkylation sites (tertiary alicyclic amines) is 1. The molecule has 0 bridgehead atoms. The van der Waals surface area contributed by atoms with Crippen LogP contribution in [0.2, 0.25) is 0 Å². The average Bonchev–Trinajstić information content (AvgIpc) is 3.29. The molecule has 0 radical (unpaired) electrons. The fourth-order valence-corrected chi connectivity index (χ4v) is 4.89. The van der Waals surface area contributed by atoms with Gasteiger partial charge in [-0.15, -0.1) is 16.4 Å². The van der Waals surface area contributed by atoms with Crippen LogP contribution in [-0.2, 0) is 6.54 Å². The Morgan fingerprint density at radius 1 is 1.25 bits per heavy atom. The highest BCUT2D eigenvalue weighted by atomic mass is 32.1. The van der Waals surface area contributed by atoms with Crippen molar-refractivity contribution in [2.75, 3.05) is 13.1 Å². The first-order valence-electron chi connectivity index (χ1n) is 8.22. The second-order valence-electron chi connectivity index (χ2n) is 6.38. The molecule has 1 aliphatic rings. The number of nitrogens with zero attached hydrogens (tertiary/aromatic N) is 4. The van der Waals surface area contributed by atoms with Gasteiger partial charge in [-0.25, -0.2) is 0 Å². The standard InChI is InChI=1S/C17H20N4OS2/c1-11-9-15(22-19-11)17-16(18-20-24-17)13-5-7-21(8-6-13)10-14-4-3-12(2)23-14/h3-4,9,13H,5-8,10H2,1-2H3. The van der Waals surface area contributed by atoms with Gasteiger partial charge < -0.3 is 4.52 Å². The number of thiophene rings is 1. The van der Waals surface area contributed by atoms with Crippen molar-refractivity contribution in [1.82, 2.24) is 19.6 Å². The van der Waals surface area contributed by atoms with Gasteiger partial charge in [-0.2, -0.15) is 0 Å². The lowest BCUT2D eigenvalue weighted by Gasteiger charge is -2.30. The fourth-order valence-electron chi connectivity index (χ4n) is 3.26. The lowest BCUT2D eigenvalue weighted by Crippen LogP contribution is -2.32. The molecule has 0 N–H and O–H groups in total. The molecule has 4 heterocycles. The zero-order valence-corrected chi connectivity index (χ0v) is 15.5. The van der Waals surface area contributed by atoms with Crippen LogP contribution < -0.4 is 0 Å². The van der Waals surface area contributed by atoms with Crippen molar-refractivity contribution in [3.8, 4) is 10.6 Å². The molecule has 24 heavy (non-hydrogen) atoms.